The summed E-state index contributed by atoms with van der Waals surface area (Å²) >= 11 is 0. The van der Waals surface area contributed by atoms with E-state index in [1.807, 2.05) is 0 Å². The first-order valence-corrected chi connectivity index (χ1v) is 5.38. The van der Waals surface area contributed by atoms with Crippen LogP contribution in [0, 0.1) is 5.82 Å². The minimum atomic E-state index is -0.580. The fourth-order valence-corrected chi connectivity index (χ4v) is 1.80. The topological polar surface area (TPSA) is 54.0 Å². The lowest BCUT2D eigenvalue weighted by Gasteiger charge is -2.23. The molecule has 2 heterocycles. The van der Waals surface area contributed by atoms with Gasteiger partial charge in [0.25, 0.3) is 5.91 Å². The van der Waals surface area contributed by atoms with Crippen molar-refractivity contribution in [2.24, 2.45) is 0 Å². The summed E-state index contributed by atoms with van der Waals surface area (Å²) in [4.78, 5) is 15.3. The van der Waals surface area contributed by atoms with Crippen LogP contribution in [0.4, 0.5) is 4.39 Å². The van der Waals surface area contributed by atoms with Crippen LogP contribution in [0.2, 0.25) is 0 Å². The van der Waals surface area contributed by atoms with Gasteiger partial charge in [0.1, 0.15) is 0 Å². The number of hydrogen-bond acceptors (Lipinski definition) is 3. The number of nitrogens with zero attached hydrogens (tertiary/aromatic N) is 1. The van der Waals surface area contributed by atoms with Crippen molar-refractivity contribution < 1.29 is 9.18 Å². The minimum Gasteiger partial charge on any atom is -0.348 e. The molecule has 0 aliphatic carbocycles. The largest absolute Gasteiger partial charge is 0.348 e. The summed E-state index contributed by atoms with van der Waals surface area (Å²) in [6, 6.07) is 1.48. The Kier molecular flexibility index (Phi) is 3.46. The van der Waals surface area contributed by atoms with Gasteiger partial charge in [-0.15, -0.1) is 0 Å². The Bertz CT molecular complexity index is 377. The molecular weight excluding hydrogens is 209 g/mol. The maximum Gasteiger partial charge on any atom is 0.254 e. The predicted molar refractivity (Wildman–Crippen MR) is 57.6 cm³/mol. The molecule has 0 spiro atoms. The van der Waals surface area contributed by atoms with Gasteiger partial charge >= 0.3 is 0 Å². The molecule has 86 valence electrons. The van der Waals surface area contributed by atoms with Crippen LogP contribution < -0.4 is 10.6 Å². The maximum absolute atomic E-state index is 13.3. The van der Waals surface area contributed by atoms with E-state index in [4.69, 9.17) is 0 Å². The molecule has 1 aromatic rings. The van der Waals surface area contributed by atoms with Crippen LogP contribution in [0.3, 0.4) is 0 Å². The number of carbonyl (C=O) groups excluding carboxylic acids is 1. The van der Waals surface area contributed by atoms with E-state index >= 15 is 0 Å². The molecule has 2 rings (SSSR count). The Morgan fingerprint density at radius 2 is 2.50 bits per heavy atom. The fraction of sp³-hybridized carbons (Fsp3) is 0.455. The van der Waals surface area contributed by atoms with Crippen molar-refractivity contribution in [2.45, 2.75) is 18.9 Å². The monoisotopic (exact) mass is 223 g/mol. The second kappa shape index (κ2) is 5.03. The first-order chi connectivity index (χ1) is 7.77. The van der Waals surface area contributed by atoms with Crippen LogP contribution in [-0.4, -0.2) is 30.0 Å². The summed E-state index contributed by atoms with van der Waals surface area (Å²) < 4.78 is 13.3. The minimum absolute atomic E-state index is 0.0561. The molecule has 0 radical (unpaired) electrons. The maximum atomic E-state index is 13.3. The van der Waals surface area contributed by atoms with Crippen molar-refractivity contribution in [1.82, 2.24) is 15.6 Å². The molecular formula is C11H14FN3O. The standard InChI is InChI=1S/C11H14FN3O/c12-10-7-14-5-3-9(10)11(16)15-8-2-1-4-13-6-8/h3,5,7-8,13H,1-2,4,6H2,(H,15,16). The van der Waals surface area contributed by atoms with Crippen LogP contribution in [0.15, 0.2) is 18.5 Å². The molecule has 0 aromatic carbocycles. The van der Waals surface area contributed by atoms with Gasteiger partial charge in [0.05, 0.1) is 11.8 Å². The molecule has 1 aliphatic rings. The summed E-state index contributed by atoms with van der Waals surface area (Å²) in [5, 5.41) is 5.99. The van der Waals surface area contributed by atoms with Gasteiger partial charge < -0.3 is 10.6 Å². The third kappa shape index (κ3) is 2.55. The van der Waals surface area contributed by atoms with E-state index in [0.717, 1.165) is 32.1 Å². The van der Waals surface area contributed by atoms with E-state index in [-0.39, 0.29) is 17.5 Å². The first-order valence-electron chi connectivity index (χ1n) is 5.38. The third-order valence-corrected chi connectivity index (χ3v) is 2.65. The van der Waals surface area contributed by atoms with Crippen LogP contribution in [-0.2, 0) is 0 Å². The Balaban J connectivity index is 2.00. The lowest BCUT2D eigenvalue weighted by molar-refractivity contribution is 0.0926. The molecule has 1 unspecified atom stereocenters. The number of nitrogens with one attached hydrogen (secondary N) is 2. The number of pyridine rings is 1. The lowest BCUT2D eigenvalue weighted by Crippen LogP contribution is -2.45. The van der Waals surface area contributed by atoms with E-state index in [9.17, 15) is 9.18 Å². The fourth-order valence-electron chi connectivity index (χ4n) is 1.80. The van der Waals surface area contributed by atoms with Crippen molar-refractivity contribution in [3.63, 3.8) is 0 Å². The SMILES string of the molecule is O=C(NC1CCCNC1)c1ccncc1F. The summed E-state index contributed by atoms with van der Waals surface area (Å²) in [6.07, 6.45) is 4.43. The Morgan fingerprint density at radius 1 is 1.62 bits per heavy atom. The highest BCUT2D eigenvalue weighted by molar-refractivity contribution is 5.94. The zero-order chi connectivity index (χ0) is 11.4. The van der Waals surface area contributed by atoms with Gasteiger partial charge in [-0.05, 0) is 25.5 Å². The van der Waals surface area contributed by atoms with Gasteiger partial charge in [-0.2, -0.15) is 0 Å². The highest BCUT2D eigenvalue weighted by atomic mass is 19.1. The zero-order valence-corrected chi connectivity index (χ0v) is 8.87. The van der Waals surface area contributed by atoms with Crippen LogP contribution in [0.1, 0.15) is 23.2 Å². The highest BCUT2D eigenvalue weighted by Crippen LogP contribution is 2.07. The van der Waals surface area contributed by atoms with Gasteiger partial charge in [-0.3, -0.25) is 9.78 Å². The molecule has 5 heteroatoms. The smallest absolute Gasteiger partial charge is 0.254 e. The van der Waals surface area contributed by atoms with E-state index in [1.54, 1.807) is 0 Å². The highest BCUT2D eigenvalue weighted by Gasteiger charge is 2.18. The van der Waals surface area contributed by atoms with Gasteiger partial charge in [0, 0.05) is 18.8 Å². The average Bonchev–Trinajstić information content (AvgIpc) is 2.31. The first kappa shape index (κ1) is 11.0. The van der Waals surface area contributed by atoms with Crippen molar-refractivity contribution in [1.29, 1.82) is 0 Å². The van der Waals surface area contributed by atoms with Gasteiger partial charge in [0.2, 0.25) is 0 Å². The molecule has 1 aromatic heterocycles. The number of aromatic nitrogens is 1. The Labute approximate surface area is 93.3 Å². The van der Waals surface area contributed by atoms with Crippen molar-refractivity contribution in [3.8, 4) is 0 Å². The normalized spacial score (nSPS) is 20.4. The summed E-state index contributed by atoms with van der Waals surface area (Å²) in [7, 11) is 0. The van der Waals surface area contributed by atoms with Crippen molar-refractivity contribution in [3.05, 3.63) is 29.8 Å². The molecule has 4 nitrogen and oxygen atoms in total. The van der Waals surface area contributed by atoms with Crippen LogP contribution in [0.25, 0.3) is 0 Å². The molecule has 1 amide bonds. The Hall–Kier alpha value is -1.49. The van der Waals surface area contributed by atoms with Gasteiger partial charge in [-0.25, -0.2) is 4.39 Å². The number of rotatable bonds is 2. The van der Waals surface area contributed by atoms with Crippen molar-refractivity contribution in [2.75, 3.05) is 13.1 Å². The number of hydrogen-bond donors (Lipinski definition) is 2. The number of piperidine rings is 1. The zero-order valence-electron chi connectivity index (χ0n) is 8.87. The van der Waals surface area contributed by atoms with E-state index < -0.39 is 5.82 Å². The van der Waals surface area contributed by atoms with E-state index in [0.29, 0.717) is 0 Å². The predicted octanol–water partition coefficient (Wildman–Crippen LogP) is 0.702. The van der Waals surface area contributed by atoms with Crippen molar-refractivity contribution >= 4 is 5.91 Å². The molecule has 1 aliphatic heterocycles. The molecule has 16 heavy (non-hydrogen) atoms. The quantitative estimate of drug-likeness (QED) is 0.776. The molecule has 0 saturated carbocycles. The third-order valence-electron chi connectivity index (χ3n) is 2.65. The van der Waals surface area contributed by atoms with Gasteiger partial charge in [-0.1, -0.05) is 0 Å². The molecule has 1 fully saturated rings. The molecule has 1 saturated heterocycles. The van der Waals surface area contributed by atoms with Crippen LogP contribution >= 0.6 is 0 Å². The summed E-state index contributed by atoms with van der Waals surface area (Å²) in [5.41, 5.74) is 0.0561. The second-order valence-electron chi connectivity index (χ2n) is 3.87. The number of amides is 1. The van der Waals surface area contributed by atoms with Crippen LogP contribution in [0.5, 0.6) is 0 Å². The molecule has 2 N–H and O–H groups in total. The second-order valence-corrected chi connectivity index (χ2v) is 3.87. The Morgan fingerprint density at radius 3 is 3.19 bits per heavy atom. The van der Waals surface area contributed by atoms with Gasteiger partial charge in [0.15, 0.2) is 5.82 Å². The van der Waals surface area contributed by atoms with E-state index in [1.165, 1.54) is 12.3 Å². The summed E-state index contributed by atoms with van der Waals surface area (Å²) in [6.45, 7) is 1.73. The molecule has 1 atom stereocenters. The average molecular weight is 223 g/mol. The lowest BCUT2D eigenvalue weighted by atomic mass is 10.1. The molecule has 0 bridgehead atoms. The number of carbonyl (C=O) groups is 1. The number of halogens is 1. The van der Waals surface area contributed by atoms with E-state index in [2.05, 4.69) is 15.6 Å². The summed E-state index contributed by atoms with van der Waals surface area (Å²) in [5.74, 6) is -0.947.